The van der Waals surface area contributed by atoms with Crippen LogP contribution in [0.15, 0.2) is 24.3 Å². The first-order chi connectivity index (χ1) is 13.7. The van der Waals surface area contributed by atoms with E-state index in [2.05, 4.69) is 86.1 Å². The lowest BCUT2D eigenvalue weighted by molar-refractivity contribution is -0.127. The molecule has 5 heteroatoms. The van der Waals surface area contributed by atoms with E-state index >= 15 is 0 Å². The molecule has 1 heterocycles. The van der Waals surface area contributed by atoms with Gasteiger partial charge >= 0.3 is 0 Å². The largest absolute Gasteiger partial charge is 0.372 e. The van der Waals surface area contributed by atoms with E-state index in [0.717, 1.165) is 58.7 Å². The number of carbonyl (C=O) groups excluding carboxylic acids is 1. The number of piperidine rings is 1. The Morgan fingerprint density at radius 2 is 1.69 bits per heavy atom. The van der Waals surface area contributed by atoms with Crippen LogP contribution in [0, 0.1) is 11.3 Å². The van der Waals surface area contributed by atoms with E-state index in [1.54, 1.807) is 0 Å². The lowest BCUT2D eigenvalue weighted by Crippen LogP contribution is -2.44. The van der Waals surface area contributed by atoms with Crippen LogP contribution in [0.3, 0.4) is 0 Å². The highest BCUT2D eigenvalue weighted by atomic mass is 16.1. The third-order valence-electron chi connectivity index (χ3n) is 5.91. The van der Waals surface area contributed by atoms with Crippen LogP contribution in [-0.2, 0) is 11.3 Å². The molecule has 164 valence electrons. The van der Waals surface area contributed by atoms with Gasteiger partial charge in [0.25, 0.3) is 0 Å². The number of benzene rings is 1. The summed E-state index contributed by atoms with van der Waals surface area (Å²) in [6.07, 6.45) is 1.91. The molecule has 0 aromatic heterocycles. The molecule has 1 aliphatic rings. The van der Waals surface area contributed by atoms with Crippen LogP contribution in [0.25, 0.3) is 0 Å². The van der Waals surface area contributed by atoms with Gasteiger partial charge in [0.15, 0.2) is 0 Å². The van der Waals surface area contributed by atoms with Crippen molar-refractivity contribution in [3.8, 4) is 0 Å². The number of amides is 1. The van der Waals surface area contributed by atoms with E-state index < -0.39 is 0 Å². The lowest BCUT2D eigenvalue weighted by atomic mass is 9.91. The number of nitrogens with one attached hydrogen (secondary N) is 1. The molecule has 0 bridgehead atoms. The van der Waals surface area contributed by atoms with Crippen molar-refractivity contribution in [3.63, 3.8) is 0 Å². The fourth-order valence-electron chi connectivity index (χ4n) is 4.40. The van der Waals surface area contributed by atoms with Crippen LogP contribution in [0.2, 0.25) is 0 Å². The SMILES string of the molecule is CCN(CC)c1ccc(CN2CCC(C(=O)NCC(C)(C)CN(C)C)CC2)cc1. The zero-order valence-corrected chi connectivity index (χ0v) is 19.5. The van der Waals surface area contributed by atoms with Crippen LogP contribution in [-0.4, -0.2) is 69.1 Å². The van der Waals surface area contributed by atoms with E-state index in [9.17, 15) is 4.79 Å². The molecule has 1 aromatic rings. The Labute approximate surface area is 178 Å². The predicted octanol–water partition coefficient (Wildman–Crippen LogP) is 3.45. The van der Waals surface area contributed by atoms with Crippen molar-refractivity contribution in [1.29, 1.82) is 0 Å². The van der Waals surface area contributed by atoms with Crippen LogP contribution < -0.4 is 10.2 Å². The van der Waals surface area contributed by atoms with E-state index in [4.69, 9.17) is 0 Å². The Morgan fingerprint density at radius 3 is 2.21 bits per heavy atom. The molecule has 5 nitrogen and oxygen atoms in total. The van der Waals surface area contributed by atoms with Crippen molar-refractivity contribution >= 4 is 11.6 Å². The second-order valence-corrected chi connectivity index (χ2v) is 9.51. The van der Waals surface area contributed by atoms with Crippen LogP contribution in [0.4, 0.5) is 5.69 Å². The third kappa shape index (κ3) is 7.63. The van der Waals surface area contributed by atoms with Gasteiger partial charge < -0.3 is 15.1 Å². The highest BCUT2D eigenvalue weighted by molar-refractivity contribution is 5.78. The summed E-state index contributed by atoms with van der Waals surface area (Å²) in [6.45, 7) is 15.6. The maximum Gasteiger partial charge on any atom is 0.223 e. The molecule has 1 aliphatic heterocycles. The van der Waals surface area contributed by atoms with Gasteiger partial charge in [0.2, 0.25) is 5.91 Å². The van der Waals surface area contributed by atoms with Gasteiger partial charge in [-0.05, 0) is 77.0 Å². The second kappa shape index (κ2) is 11.0. The Hall–Kier alpha value is -1.59. The first-order valence-electron chi connectivity index (χ1n) is 11.2. The quantitative estimate of drug-likeness (QED) is 0.651. The van der Waals surface area contributed by atoms with Gasteiger partial charge in [-0.2, -0.15) is 0 Å². The molecule has 0 aliphatic carbocycles. The molecule has 0 unspecified atom stereocenters. The average Bonchev–Trinajstić information content (AvgIpc) is 2.68. The lowest BCUT2D eigenvalue weighted by Gasteiger charge is -2.33. The standard InChI is InChI=1S/C24H42N4O/c1-7-28(8-2)22-11-9-20(10-12-22)17-27-15-13-21(14-16-27)23(29)25-18-24(3,4)19-26(5)6/h9-12,21H,7-8,13-19H2,1-6H3,(H,25,29). The number of hydrogen-bond acceptors (Lipinski definition) is 4. The Morgan fingerprint density at radius 1 is 1.10 bits per heavy atom. The van der Waals surface area contributed by atoms with Crippen molar-refractivity contribution < 1.29 is 4.79 Å². The summed E-state index contributed by atoms with van der Waals surface area (Å²) in [7, 11) is 4.16. The molecule has 1 aromatic carbocycles. The number of carbonyl (C=O) groups is 1. The fraction of sp³-hybridized carbons (Fsp3) is 0.708. The monoisotopic (exact) mass is 402 g/mol. The zero-order valence-electron chi connectivity index (χ0n) is 19.5. The van der Waals surface area contributed by atoms with Crippen LogP contribution in [0.5, 0.6) is 0 Å². The predicted molar refractivity (Wildman–Crippen MR) is 123 cm³/mol. The van der Waals surface area contributed by atoms with Gasteiger partial charge in [-0.3, -0.25) is 9.69 Å². The summed E-state index contributed by atoms with van der Waals surface area (Å²) < 4.78 is 0. The summed E-state index contributed by atoms with van der Waals surface area (Å²) in [5.74, 6) is 0.395. The molecular formula is C24H42N4O. The molecule has 1 amide bonds. The van der Waals surface area contributed by atoms with Gasteiger partial charge in [-0.1, -0.05) is 26.0 Å². The third-order valence-corrected chi connectivity index (χ3v) is 5.91. The molecular weight excluding hydrogens is 360 g/mol. The van der Waals surface area contributed by atoms with E-state index in [0.29, 0.717) is 0 Å². The van der Waals surface area contributed by atoms with Crippen molar-refractivity contribution in [1.82, 2.24) is 15.1 Å². The van der Waals surface area contributed by atoms with Gasteiger partial charge in [0.05, 0.1) is 0 Å². The van der Waals surface area contributed by atoms with Gasteiger partial charge in [0, 0.05) is 44.3 Å². The normalized spacial score (nSPS) is 16.2. The van der Waals surface area contributed by atoms with Crippen molar-refractivity contribution in [2.45, 2.75) is 47.1 Å². The van der Waals surface area contributed by atoms with Crippen LogP contribution in [0.1, 0.15) is 46.1 Å². The summed E-state index contributed by atoms with van der Waals surface area (Å²) in [5.41, 5.74) is 2.75. The number of hydrogen-bond donors (Lipinski definition) is 1. The zero-order chi connectivity index (χ0) is 21.4. The van der Waals surface area contributed by atoms with Crippen molar-refractivity contribution in [2.24, 2.45) is 11.3 Å². The summed E-state index contributed by atoms with van der Waals surface area (Å²) in [6, 6.07) is 8.97. The summed E-state index contributed by atoms with van der Waals surface area (Å²) in [4.78, 5) is 19.6. The summed E-state index contributed by atoms with van der Waals surface area (Å²) >= 11 is 0. The number of nitrogens with zero attached hydrogens (tertiary/aromatic N) is 3. The number of rotatable bonds is 10. The average molecular weight is 403 g/mol. The first-order valence-corrected chi connectivity index (χ1v) is 11.2. The first kappa shape index (κ1) is 23.7. The van der Waals surface area contributed by atoms with E-state index in [-0.39, 0.29) is 17.2 Å². The molecule has 0 radical (unpaired) electrons. The minimum atomic E-state index is 0.0944. The minimum Gasteiger partial charge on any atom is -0.372 e. The second-order valence-electron chi connectivity index (χ2n) is 9.51. The molecule has 0 atom stereocenters. The summed E-state index contributed by atoms with van der Waals surface area (Å²) in [5, 5.41) is 3.20. The highest BCUT2D eigenvalue weighted by Gasteiger charge is 2.27. The topological polar surface area (TPSA) is 38.8 Å². The fourth-order valence-corrected chi connectivity index (χ4v) is 4.40. The number of anilines is 1. The molecule has 1 saturated heterocycles. The maximum atomic E-state index is 12.6. The van der Waals surface area contributed by atoms with Gasteiger partial charge in [-0.25, -0.2) is 0 Å². The van der Waals surface area contributed by atoms with Gasteiger partial charge in [0.1, 0.15) is 0 Å². The number of likely N-dealkylation sites (tertiary alicyclic amines) is 1. The Balaban J connectivity index is 1.76. The van der Waals surface area contributed by atoms with E-state index in [1.165, 1.54) is 11.3 Å². The molecule has 0 spiro atoms. The van der Waals surface area contributed by atoms with E-state index in [1.807, 2.05) is 0 Å². The maximum absolute atomic E-state index is 12.6. The smallest absolute Gasteiger partial charge is 0.223 e. The molecule has 29 heavy (non-hydrogen) atoms. The molecule has 1 N–H and O–H groups in total. The van der Waals surface area contributed by atoms with Crippen molar-refractivity contribution in [3.05, 3.63) is 29.8 Å². The minimum absolute atomic E-state index is 0.0944. The van der Waals surface area contributed by atoms with Crippen LogP contribution >= 0.6 is 0 Å². The van der Waals surface area contributed by atoms with Gasteiger partial charge in [-0.15, -0.1) is 0 Å². The highest BCUT2D eigenvalue weighted by Crippen LogP contribution is 2.22. The van der Waals surface area contributed by atoms with Crippen molar-refractivity contribution in [2.75, 3.05) is 58.3 Å². The Kier molecular flexibility index (Phi) is 8.97. The molecule has 0 saturated carbocycles. The molecule has 2 rings (SSSR count). The molecule has 1 fully saturated rings. The Bertz CT molecular complexity index is 614.